The molecule has 1 N–H and O–H groups in total. The number of amides is 1. The SMILES string of the molecule is CC(=O)C1CC(C(=O)NC2CCN(CC(F)F)CC2)=NN1c1ccccc1. The van der Waals surface area contributed by atoms with Gasteiger partial charge in [-0.1, -0.05) is 18.2 Å². The molecular weight excluding hydrogens is 354 g/mol. The van der Waals surface area contributed by atoms with E-state index in [1.165, 1.54) is 6.92 Å². The number of anilines is 1. The molecule has 1 saturated heterocycles. The van der Waals surface area contributed by atoms with Gasteiger partial charge in [-0.25, -0.2) is 8.78 Å². The van der Waals surface area contributed by atoms with Crippen LogP contribution in [0.25, 0.3) is 0 Å². The molecule has 1 atom stereocenters. The van der Waals surface area contributed by atoms with Crippen LogP contribution in [-0.4, -0.2) is 60.4 Å². The molecule has 0 saturated carbocycles. The van der Waals surface area contributed by atoms with Gasteiger partial charge < -0.3 is 5.32 Å². The van der Waals surface area contributed by atoms with Crippen LogP contribution in [0.4, 0.5) is 14.5 Å². The fraction of sp³-hybridized carbons (Fsp3) is 0.526. The molecule has 0 aromatic heterocycles. The number of hydrogen-bond donors (Lipinski definition) is 1. The molecule has 2 heterocycles. The molecular formula is C19H24F2N4O2. The lowest BCUT2D eigenvalue weighted by Crippen LogP contribution is -2.47. The van der Waals surface area contributed by atoms with Crippen LogP contribution in [0.1, 0.15) is 26.2 Å². The van der Waals surface area contributed by atoms with Crippen molar-refractivity contribution in [1.82, 2.24) is 10.2 Å². The van der Waals surface area contributed by atoms with E-state index >= 15 is 0 Å². The number of hydrogen-bond acceptors (Lipinski definition) is 5. The Kier molecular flexibility index (Phi) is 6.15. The van der Waals surface area contributed by atoms with E-state index < -0.39 is 12.5 Å². The topological polar surface area (TPSA) is 65.0 Å². The van der Waals surface area contributed by atoms with E-state index in [2.05, 4.69) is 10.4 Å². The van der Waals surface area contributed by atoms with Crippen LogP contribution >= 0.6 is 0 Å². The number of nitrogens with zero attached hydrogens (tertiary/aromatic N) is 3. The zero-order valence-corrected chi connectivity index (χ0v) is 15.3. The smallest absolute Gasteiger partial charge is 0.267 e. The molecule has 3 rings (SSSR count). The van der Waals surface area contributed by atoms with E-state index in [-0.39, 0.29) is 30.7 Å². The fourth-order valence-electron chi connectivity index (χ4n) is 3.51. The van der Waals surface area contributed by atoms with E-state index in [0.717, 1.165) is 5.69 Å². The summed E-state index contributed by atoms with van der Waals surface area (Å²) < 4.78 is 24.9. The highest BCUT2D eigenvalue weighted by atomic mass is 19.3. The van der Waals surface area contributed by atoms with Gasteiger partial charge in [0.1, 0.15) is 11.8 Å². The Morgan fingerprint density at radius 1 is 1.22 bits per heavy atom. The van der Waals surface area contributed by atoms with E-state index in [1.807, 2.05) is 30.3 Å². The van der Waals surface area contributed by atoms with Crippen LogP contribution in [0.15, 0.2) is 35.4 Å². The number of hydrazone groups is 1. The Hall–Kier alpha value is -2.35. The summed E-state index contributed by atoms with van der Waals surface area (Å²) in [6.45, 7) is 2.34. The zero-order chi connectivity index (χ0) is 19.4. The standard InChI is InChI=1S/C19H24F2N4O2/c1-13(26)17-11-16(23-25(17)15-5-3-2-4-6-15)19(27)22-14-7-9-24(10-8-14)12-18(20)21/h2-6,14,17-18H,7-12H2,1H3,(H,22,27). The van der Waals surface area contributed by atoms with Crippen molar-refractivity contribution in [2.24, 2.45) is 5.10 Å². The number of halogens is 2. The lowest BCUT2D eigenvalue weighted by atomic mass is 10.0. The number of piperidine rings is 1. The third-order valence-electron chi connectivity index (χ3n) is 4.98. The Labute approximate surface area is 157 Å². The van der Waals surface area contributed by atoms with Crippen LogP contribution in [-0.2, 0) is 9.59 Å². The molecule has 6 nitrogen and oxygen atoms in total. The highest BCUT2D eigenvalue weighted by Crippen LogP contribution is 2.25. The van der Waals surface area contributed by atoms with Crippen molar-refractivity contribution >= 4 is 23.1 Å². The minimum Gasteiger partial charge on any atom is -0.348 e. The lowest BCUT2D eigenvalue weighted by Gasteiger charge is -2.31. The summed E-state index contributed by atoms with van der Waals surface area (Å²) in [5, 5.41) is 8.93. The lowest BCUT2D eigenvalue weighted by molar-refractivity contribution is -0.118. The number of carbonyl (C=O) groups excluding carboxylic acids is 2. The Balaban J connectivity index is 1.61. The predicted octanol–water partition coefficient (Wildman–Crippen LogP) is 2.06. The molecule has 1 aromatic carbocycles. The van der Waals surface area contributed by atoms with Gasteiger partial charge in [0.25, 0.3) is 12.3 Å². The van der Waals surface area contributed by atoms with Gasteiger partial charge in [0, 0.05) is 25.6 Å². The molecule has 0 spiro atoms. The normalized spacial score (nSPS) is 21.4. The second-order valence-corrected chi connectivity index (χ2v) is 7.00. The van der Waals surface area contributed by atoms with Crippen molar-refractivity contribution in [3.05, 3.63) is 30.3 Å². The number of rotatable bonds is 6. The van der Waals surface area contributed by atoms with Gasteiger partial charge >= 0.3 is 0 Å². The number of benzene rings is 1. The van der Waals surface area contributed by atoms with Crippen molar-refractivity contribution < 1.29 is 18.4 Å². The van der Waals surface area contributed by atoms with E-state index in [9.17, 15) is 18.4 Å². The maximum Gasteiger partial charge on any atom is 0.267 e. The van der Waals surface area contributed by atoms with Gasteiger partial charge in [-0.05, 0) is 31.9 Å². The number of ketones is 1. The van der Waals surface area contributed by atoms with Gasteiger partial charge in [-0.3, -0.25) is 19.5 Å². The maximum absolute atomic E-state index is 12.6. The van der Waals surface area contributed by atoms with E-state index in [1.54, 1.807) is 9.91 Å². The molecule has 1 fully saturated rings. The van der Waals surface area contributed by atoms with Crippen molar-refractivity contribution in [1.29, 1.82) is 0 Å². The van der Waals surface area contributed by atoms with Crippen LogP contribution in [0.5, 0.6) is 0 Å². The molecule has 0 bridgehead atoms. The molecule has 146 valence electrons. The average Bonchev–Trinajstić information content (AvgIpc) is 3.09. The first kappa shape index (κ1) is 19.4. The quantitative estimate of drug-likeness (QED) is 0.823. The van der Waals surface area contributed by atoms with Crippen molar-refractivity contribution in [2.75, 3.05) is 24.6 Å². The maximum atomic E-state index is 12.6. The summed E-state index contributed by atoms with van der Waals surface area (Å²) >= 11 is 0. The first-order valence-electron chi connectivity index (χ1n) is 9.17. The van der Waals surface area contributed by atoms with Crippen molar-refractivity contribution in [3.8, 4) is 0 Å². The highest BCUT2D eigenvalue weighted by molar-refractivity contribution is 6.40. The second kappa shape index (κ2) is 8.56. The monoisotopic (exact) mass is 378 g/mol. The summed E-state index contributed by atoms with van der Waals surface area (Å²) in [5.41, 5.74) is 1.09. The van der Waals surface area contributed by atoms with Crippen LogP contribution in [0.2, 0.25) is 0 Å². The van der Waals surface area contributed by atoms with E-state index in [0.29, 0.717) is 31.6 Å². The molecule has 0 radical (unpaired) electrons. The molecule has 1 amide bonds. The van der Waals surface area contributed by atoms with Crippen LogP contribution in [0.3, 0.4) is 0 Å². The number of Topliss-reactive ketones (excluding diaryl/α,β-unsaturated/α-hetero) is 1. The molecule has 2 aliphatic rings. The average molecular weight is 378 g/mol. The number of likely N-dealkylation sites (tertiary alicyclic amines) is 1. The zero-order valence-electron chi connectivity index (χ0n) is 15.3. The fourth-order valence-corrected chi connectivity index (χ4v) is 3.51. The second-order valence-electron chi connectivity index (χ2n) is 7.00. The minimum absolute atomic E-state index is 0.0503. The van der Waals surface area contributed by atoms with Gasteiger partial charge in [0.05, 0.1) is 12.2 Å². The third-order valence-corrected chi connectivity index (χ3v) is 4.98. The first-order chi connectivity index (χ1) is 12.9. The number of para-hydroxylation sites is 1. The highest BCUT2D eigenvalue weighted by Gasteiger charge is 2.35. The van der Waals surface area contributed by atoms with Crippen molar-refractivity contribution in [2.45, 2.75) is 44.7 Å². The Morgan fingerprint density at radius 2 is 1.89 bits per heavy atom. The number of carbonyl (C=O) groups is 2. The summed E-state index contributed by atoms with van der Waals surface area (Å²) in [4.78, 5) is 26.3. The summed E-state index contributed by atoms with van der Waals surface area (Å²) in [7, 11) is 0. The van der Waals surface area contributed by atoms with Crippen LogP contribution < -0.4 is 10.3 Å². The van der Waals surface area contributed by atoms with Crippen molar-refractivity contribution in [3.63, 3.8) is 0 Å². The summed E-state index contributed by atoms with van der Waals surface area (Å²) in [6, 6.07) is 8.73. The number of nitrogens with one attached hydrogen (secondary N) is 1. The number of alkyl halides is 2. The summed E-state index contributed by atoms with van der Waals surface area (Å²) in [5.74, 6) is -0.335. The Bertz CT molecular complexity index is 703. The largest absolute Gasteiger partial charge is 0.348 e. The molecule has 27 heavy (non-hydrogen) atoms. The van der Waals surface area contributed by atoms with Gasteiger partial charge in [-0.15, -0.1) is 0 Å². The van der Waals surface area contributed by atoms with Gasteiger partial charge in [-0.2, -0.15) is 5.10 Å². The molecule has 1 unspecified atom stereocenters. The Morgan fingerprint density at radius 3 is 2.48 bits per heavy atom. The summed E-state index contributed by atoms with van der Waals surface area (Å²) in [6.07, 6.45) is -0.814. The van der Waals surface area contributed by atoms with Crippen LogP contribution in [0, 0.1) is 0 Å². The molecule has 2 aliphatic heterocycles. The molecule has 8 heteroatoms. The minimum atomic E-state index is -2.34. The van der Waals surface area contributed by atoms with Gasteiger partial charge in [0.2, 0.25) is 0 Å². The van der Waals surface area contributed by atoms with Gasteiger partial charge in [0.15, 0.2) is 5.78 Å². The third kappa shape index (κ3) is 4.88. The predicted molar refractivity (Wildman–Crippen MR) is 99.1 cm³/mol. The first-order valence-corrected chi connectivity index (χ1v) is 9.17. The molecule has 0 aliphatic carbocycles. The molecule has 1 aromatic rings. The van der Waals surface area contributed by atoms with E-state index in [4.69, 9.17) is 0 Å².